The summed E-state index contributed by atoms with van der Waals surface area (Å²) in [6, 6.07) is 3.14. The van der Waals surface area contributed by atoms with Gasteiger partial charge in [0.05, 0.1) is 6.20 Å². The molecule has 0 bridgehead atoms. The first-order valence-corrected chi connectivity index (χ1v) is 5.81. The minimum absolute atomic E-state index is 0.313. The molecule has 0 saturated heterocycles. The number of halogens is 2. The van der Waals surface area contributed by atoms with Crippen LogP contribution in [-0.2, 0) is 13.0 Å². The van der Waals surface area contributed by atoms with Crippen LogP contribution < -0.4 is 5.73 Å². The van der Waals surface area contributed by atoms with Crippen LogP contribution in [0.3, 0.4) is 0 Å². The largest absolute Gasteiger partial charge is 0.324 e. The van der Waals surface area contributed by atoms with Crippen molar-refractivity contribution in [1.29, 1.82) is 0 Å². The van der Waals surface area contributed by atoms with Gasteiger partial charge in [0.25, 0.3) is 0 Å². The fraction of sp³-hybridized carbons (Fsp3) is 0.308. The van der Waals surface area contributed by atoms with Crippen molar-refractivity contribution in [1.82, 2.24) is 9.78 Å². The molecule has 18 heavy (non-hydrogen) atoms. The summed E-state index contributed by atoms with van der Waals surface area (Å²) in [6.07, 6.45) is 3.91. The lowest BCUT2D eigenvalue weighted by atomic mass is 10.0. The van der Waals surface area contributed by atoms with Gasteiger partial charge in [-0.3, -0.25) is 4.68 Å². The van der Waals surface area contributed by atoms with E-state index in [2.05, 4.69) is 5.10 Å². The monoisotopic (exact) mass is 251 g/mol. The van der Waals surface area contributed by atoms with Crippen LogP contribution in [0.15, 0.2) is 30.6 Å². The van der Waals surface area contributed by atoms with E-state index in [1.807, 2.05) is 13.1 Å². The maximum absolute atomic E-state index is 13.0. The van der Waals surface area contributed by atoms with Crippen LogP contribution in [0.25, 0.3) is 0 Å². The molecule has 2 N–H and O–H groups in total. The number of aromatic nitrogens is 2. The Morgan fingerprint density at radius 2 is 1.94 bits per heavy atom. The van der Waals surface area contributed by atoms with Crippen LogP contribution in [0.2, 0.25) is 0 Å². The Bertz CT molecular complexity index is 517. The molecule has 1 heterocycles. The topological polar surface area (TPSA) is 43.8 Å². The van der Waals surface area contributed by atoms with Gasteiger partial charge in [-0.25, -0.2) is 8.78 Å². The molecule has 0 saturated carbocycles. The highest BCUT2D eigenvalue weighted by molar-refractivity contribution is 5.21. The van der Waals surface area contributed by atoms with Crippen LogP contribution in [-0.4, -0.2) is 9.78 Å². The first kappa shape index (κ1) is 12.7. The summed E-state index contributed by atoms with van der Waals surface area (Å²) in [5.74, 6) is -1.16. The van der Waals surface area contributed by atoms with E-state index in [4.69, 9.17) is 5.73 Å². The van der Waals surface area contributed by atoms with Gasteiger partial charge >= 0.3 is 0 Å². The van der Waals surface area contributed by atoms with Crippen LogP contribution in [0, 0.1) is 11.6 Å². The molecular formula is C13H15F2N3. The van der Waals surface area contributed by atoms with E-state index in [0.29, 0.717) is 12.0 Å². The van der Waals surface area contributed by atoms with Crippen molar-refractivity contribution in [2.45, 2.75) is 25.9 Å². The summed E-state index contributed by atoms with van der Waals surface area (Å²) in [6.45, 7) is 2.74. The Morgan fingerprint density at radius 1 is 1.28 bits per heavy atom. The zero-order valence-electron chi connectivity index (χ0n) is 10.1. The molecule has 2 aromatic rings. The van der Waals surface area contributed by atoms with Crippen LogP contribution in [0.1, 0.15) is 24.1 Å². The smallest absolute Gasteiger partial charge is 0.126 e. The average molecular weight is 251 g/mol. The first-order chi connectivity index (χ1) is 8.58. The number of rotatable bonds is 4. The zero-order chi connectivity index (χ0) is 13.1. The maximum Gasteiger partial charge on any atom is 0.126 e. The van der Waals surface area contributed by atoms with E-state index in [1.54, 1.807) is 10.9 Å². The summed E-state index contributed by atoms with van der Waals surface area (Å²) in [5, 5.41) is 4.12. The minimum Gasteiger partial charge on any atom is -0.324 e. The summed E-state index contributed by atoms with van der Waals surface area (Å²) < 4.78 is 27.8. The SMILES string of the molecule is CCn1cc(C(N)Cc2cc(F)cc(F)c2)cn1. The molecule has 0 aliphatic heterocycles. The molecule has 1 unspecified atom stereocenters. The highest BCUT2D eigenvalue weighted by Crippen LogP contribution is 2.17. The molecule has 2 rings (SSSR count). The highest BCUT2D eigenvalue weighted by atomic mass is 19.1. The molecule has 5 heteroatoms. The molecule has 1 aromatic heterocycles. The third kappa shape index (κ3) is 2.92. The van der Waals surface area contributed by atoms with Gasteiger partial charge in [-0.05, 0) is 31.0 Å². The standard InChI is InChI=1S/C13H15F2N3/c1-2-18-8-10(7-17-18)13(16)5-9-3-11(14)6-12(15)4-9/h3-4,6-8,13H,2,5,16H2,1H3. The van der Waals surface area contributed by atoms with Crippen LogP contribution in [0.4, 0.5) is 8.78 Å². The summed E-state index contributed by atoms with van der Waals surface area (Å²) in [7, 11) is 0. The molecule has 1 atom stereocenters. The molecule has 96 valence electrons. The third-order valence-electron chi connectivity index (χ3n) is 2.78. The maximum atomic E-state index is 13.0. The zero-order valence-corrected chi connectivity index (χ0v) is 10.1. The van der Waals surface area contributed by atoms with Crippen LogP contribution in [0.5, 0.6) is 0 Å². The van der Waals surface area contributed by atoms with E-state index < -0.39 is 11.6 Å². The number of hydrogen-bond acceptors (Lipinski definition) is 2. The van der Waals surface area contributed by atoms with Gasteiger partial charge in [0.1, 0.15) is 11.6 Å². The molecule has 0 amide bonds. The fourth-order valence-electron chi connectivity index (χ4n) is 1.84. The molecule has 0 fully saturated rings. The van der Waals surface area contributed by atoms with Gasteiger partial charge < -0.3 is 5.73 Å². The lowest BCUT2D eigenvalue weighted by molar-refractivity contribution is 0.576. The lowest BCUT2D eigenvalue weighted by Crippen LogP contribution is -2.13. The second kappa shape index (κ2) is 5.27. The van der Waals surface area contributed by atoms with E-state index in [0.717, 1.165) is 18.2 Å². The van der Waals surface area contributed by atoms with E-state index in [-0.39, 0.29) is 6.04 Å². The third-order valence-corrected chi connectivity index (χ3v) is 2.78. The Balaban J connectivity index is 2.12. The second-order valence-electron chi connectivity index (χ2n) is 4.22. The van der Waals surface area contributed by atoms with Gasteiger partial charge in [-0.2, -0.15) is 5.10 Å². The second-order valence-corrected chi connectivity index (χ2v) is 4.22. The Hall–Kier alpha value is -1.75. The Labute approximate surface area is 104 Å². The first-order valence-electron chi connectivity index (χ1n) is 5.81. The minimum atomic E-state index is -0.582. The van der Waals surface area contributed by atoms with Crippen molar-refractivity contribution in [3.8, 4) is 0 Å². The number of aryl methyl sites for hydroxylation is 1. The van der Waals surface area contributed by atoms with Crippen molar-refractivity contribution in [2.75, 3.05) is 0 Å². The molecular weight excluding hydrogens is 236 g/mol. The van der Waals surface area contributed by atoms with Crippen molar-refractivity contribution >= 4 is 0 Å². The van der Waals surface area contributed by atoms with Crippen molar-refractivity contribution < 1.29 is 8.78 Å². The summed E-state index contributed by atoms with van der Waals surface area (Å²) in [5.41, 5.74) is 7.41. The summed E-state index contributed by atoms with van der Waals surface area (Å²) in [4.78, 5) is 0. The number of benzene rings is 1. The average Bonchev–Trinajstić information content (AvgIpc) is 2.75. The van der Waals surface area contributed by atoms with Gasteiger partial charge in [0, 0.05) is 30.4 Å². The van der Waals surface area contributed by atoms with E-state index >= 15 is 0 Å². The van der Waals surface area contributed by atoms with E-state index in [1.165, 1.54) is 12.1 Å². The molecule has 0 spiro atoms. The molecule has 1 aromatic carbocycles. The van der Waals surface area contributed by atoms with Crippen LogP contribution >= 0.6 is 0 Å². The van der Waals surface area contributed by atoms with Gasteiger partial charge in [-0.1, -0.05) is 0 Å². The van der Waals surface area contributed by atoms with Gasteiger partial charge in [0.2, 0.25) is 0 Å². The Kier molecular flexibility index (Phi) is 3.72. The molecule has 0 aliphatic rings. The fourth-order valence-corrected chi connectivity index (χ4v) is 1.84. The van der Waals surface area contributed by atoms with Crippen molar-refractivity contribution in [3.05, 3.63) is 53.4 Å². The van der Waals surface area contributed by atoms with Gasteiger partial charge in [0.15, 0.2) is 0 Å². The highest BCUT2D eigenvalue weighted by Gasteiger charge is 2.11. The molecule has 0 aliphatic carbocycles. The number of nitrogens with zero attached hydrogens (tertiary/aromatic N) is 2. The van der Waals surface area contributed by atoms with E-state index in [9.17, 15) is 8.78 Å². The molecule has 0 radical (unpaired) electrons. The van der Waals surface area contributed by atoms with Crippen molar-refractivity contribution in [2.24, 2.45) is 5.73 Å². The lowest BCUT2D eigenvalue weighted by Gasteiger charge is -2.09. The number of hydrogen-bond donors (Lipinski definition) is 1. The van der Waals surface area contributed by atoms with Crippen molar-refractivity contribution in [3.63, 3.8) is 0 Å². The quantitative estimate of drug-likeness (QED) is 0.907. The summed E-state index contributed by atoms with van der Waals surface area (Å²) >= 11 is 0. The molecule has 3 nitrogen and oxygen atoms in total. The normalized spacial score (nSPS) is 12.7. The predicted molar refractivity (Wildman–Crippen MR) is 64.9 cm³/mol. The Morgan fingerprint density at radius 3 is 2.50 bits per heavy atom. The van der Waals surface area contributed by atoms with Gasteiger partial charge in [-0.15, -0.1) is 0 Å². The predicted octanol–water partition coefficient (Wildman–Crippen LogP) is 2.42. The number of nitrogens with two attached hydrogens (primary N) is 1.